The summed E-state index contributed by atoms with van der Waals surface area (Å²) in [6.45, 7) is 1.77. The molecule has 4 rings (SSSR count). The Bertz CT molecular complexity index is 1130. The molecule has 2 heterocycles. The number of ether oxygens (including phenoxy) is 1. The number of carbonyl (C=O) groups is 1. The molecule has 0 saturated carbocycles. The summed E-state index contributed by atoms with van der Waals surface area (Å²) >= 11 is 1.30. The zero-order valence-corrected chi connectivity index (χ0v) is 17.1. The van der Waals surface area contributed by atoms with E-state index in [0.717, 1.165) is 5.56 Å². The largest absolute Gasteiger partial charge is 0.508 e. The number of phenols is 1. The maximum Gasteiger partial charge on any atom is 0.338 e. The molecule has 1 atom stereocenters. The maximum absolute atomic E-state index is 13.9. The molecule has 0 fully saturated rings. The van der Waals surface area contributed by atoms with Gasteiger partial charge < -0.3 is 15.2 Å². The first-order valence-corrected chi connectivity index (χ1v) is 10.1. The summed E-state index contributed by atoms with van der Waals surface area (Å²) < 4.78 is 20.5. The van der Waals surface area contributed by atoms with Crippen LogP contribution in [0.25, 0.3) is 0 Å². The number of methoxy groups -OCH3 is 1. The summed E-state index contributed by atoms with van der Waals surface area (Å²) in [4.78, 5) is 17.0. The molecule has 2 N–H and O–H groups in total. The summed E-state index contributed by atoms with van der Waals surface area (Å²) in [5.74, 6) is 0.192. The van der Waals surface area contributed by atoms with Crippen LogP contribution in [0.3, 0.4) is 0 Å². The molecule has 0 radical (unpaired) electrons. The highest BCUT2D eigenvalue weighted by Crippen LogP contribution is 2.37. The van der Waals surface area contributed by atoms with Crippen molar-refractivity contribution in [1.29, 1.82) is 0 Å². The standard InChI is InChI=1S/C21H19FN4O3S/c1-12-17(19(28)29-2)18(13-7-9-15(27)10-8-13)26-20(23-12)24-21(25-26)30-11-14-5-3-4-6-16(14)22/h3-10,18,27H,11H2,1-2H3,(H,23,24,25). The molecule has 3 aromatic rings. The zero-order valence-electron chi connectivity index (χ0n) is 16.3. The molecule has 0 saturated heterocycles. The number of halogens is 1. The predicted molar refractivity (Wildman–Crippen MR) is 111 cm³/mol. The zero-order chi connectivity index (χ0) is 21.3. The fraction of sp³-hybridized carbons (Fsp3) is 0.190. The molecule has 9 heteroatoms. The van der Waals surface area contributed by atoms with Crippen molar-refractivity contribution in [2.45, 2.75) is 23.9 Å². The maximum atomic E-state index is 13.9. The Kier molecular flexibility index (Phi) is 5.45. The van der Waals surface area contributed by atoms with Gasteiger partial charge in [0.15, 0.2) is 0 Å². The van der Waals surface area contributed by atoms with Crippen molar-refractivity contribution < 1.29 is 19.0 Å². The summed E-state index contributed by atoms with van der Waals surface area (Å²) in [6.07, 6.45) is 0. The fourth-order valence-electron chi connectivity index (χ4n) is 3.29. The van der Waals surface area contributed by atoms with E-state index in [9.17, 15) is 14.3 Å². The number of hydrogen-bond donors (Lipinski definition) is 2. The molecule has 154 valence electrons. The van der Waals surface area contributed by atoms with E-state index in [-0.39, 0.29) is 11.6 Å². The number of aromatic nitrogens is 3. The number of allylic oxidation sites excluding steroid dienone is 1. The lowest BCUT2D eigenvalue weighted by Gasteiger charge is -2.27. The Hall–Kier alpha value is -3.33. The van der Waals surface area contributed by atoms with Crippen molar-refractivity contribution in [1.82, 2.24) is 14.8 Å². The number of hydrogen-bond acceptors (Lipinski definition) is 7. The average molecular weight is 426 g/mol. The van der Waals surface area contributed by atoms with Crippen molar-refractivity contribution in [3.05, 3.63) is 76.7 Å². The van der Waals surface area contributed by atoms with Crippen molar-refractivity contribution in [2.24, 2.45) is 0 Å². The third kappa shape index (κ3) is 3.76. The van der Waals surface area contributed by atoms with Crippen LogP contribution in [0.1, 0.15) is 24.1 Å². The number of fused-ring (bicyclic) bond motifs is 1. The fourth-order valence-corrected chi connectivity index (χ4v) is 4.10. The van der Waals surface area contributed by atoms with E-state index in [4.69, 9.17) is 4.74 Å². The van der Waals surface area contributed by atoms with Crippen LogP contribution in [-0.2, 0) is 15.3 Å². The van der Waals surface area contributed by atoms with E-state index in [1.54, 1.807) is 54.1 Å². The molecular weight excluding hydrogens is 407 g/mol. The van der Waals surface area contributed by atoms with Gasteiger partial charge in [-0.2, -0.15) is 4.98 Å². The minimum Gasteiger partial charge on any atom is -0.508 e. The first kappa shape index (κ1) is 20.0. The Labute approximate surface area is 176 Å². The number of phenolic OH excluding ortho intramolecular Hbond substituents is 1. The topological polar surface area (TPSA) is 89.3 Å². The van der Waals surface area contributed by atoms with Crippen LogP contribution >= 0.6 is 11.8 Å². The van der Waals surface area contributed by atoms with Gasteiger partial charge in [-0.25, -0.2) is 13.9 Å². The molecule has 0 amide bonds. The third-order valence-corrected chi connectivity index (χ3v) is 5.65. The Morgan fingerprint density at radius 1 is 1.27 bits per heavy atom. The van der Waals surface area contributed by atoms with Crippen molar-refractivity contribution in [3.63, 3.8) is 0 Å². The summed E-state index contributed by atoms with van der Waals surface area (Å²) in [5, 5.41) is 17.7. The van der Waals surface area contributed by atoms with Crippen LogP contribution in [0, 0.1) is 5.82 Å². The first-order chi connectivity index (χ1) is 14.5. The molecule has 0 aliphatic carbocycles. The van der Waals surface area contributed by atoms with Gasteiger partial charge in [0.25, 0.3) is 0 Å². The average Bonchev–Trinajstić information content (AvgIpc) is 3.14. The van der Waals surface area contributed by atoms with Crippen molar-refractivity contribution in [3.8, 4) is 5.75 Å². The monoisotopic (exact) mass is 426 g/mol. The van der Waals surface area contributed by atoms with Gasteiger partial charge in [0.05, 0.1) is 12.7 Å². The van der Waals surface area contributed by atoms with Crippen molar-refractivity contribution in [2.75, 3.05) is 12.4 Å². The molecule has 1 aliphatic heterocycles. The molecule has 2 aromatic carbocycles. The molecule has 1 unspecified atom stereocenters. The normalized spacial score (nSPS) is 15.5. The second-order valence-corrected chi connectivity index (χ2v) is 7.63. The second-order valence-electron chi connectivity index (χ2n) is 6.69. The third-order valence-electron chi connectivity index (χ3n) is 4.76. The number of nitrogens with one attached hydrogen (secondary N) is 1. The lowest BCUT2D eigenvalue weighted by molar-refractivity contribution is -0.136. The molecule has 30 heavy (non-hydrogen) atoms. The Balaban J connectivity index is 1.70. The van der Waals surface area contributed by atoms with Crippen LogP contribution in [0.2, 0.25) is 0 Å². The number of anilines is 1. The van der Waals surface area contributed by atoms with E-state index < -0.39 is 12.0 Å². The van der Waals surface area contributed by atoms with Crippen molar-refractivity contribution >= 4 is 23.7 Å². The van der Waals surface area contributed by atoms with Crippen LogP contribution in [0.15, 0.2) is 65.0 Å². The second kappa shape index (κ2) is 8.19. The number of carbonyl (C=O) groups excluding carboxylic acids is 1. The van der Waals surface area contributed by atoms with Gasteiger partial charge in [-0.1, -0.05) is 42.1 Å². The SMILES string of the molecule is COC(=O)C1=C(C)Nc2nc(SCc3ccccc3F)nn2C1c1ccc(O)cc1. The van der Waals surface area contributed by atoms with Gasteiger partial charge in [-0.15, -0.1) is 5.10 Å². The number of nitrogens with zero attached hydrogens (tertiary/aromatic N) is 3. The van der Waals surface area contributed by atoms with Gasteiger partial charge in [-0.3, -0.25) is 0 Å². The summed E-state index contributed by atoms with van der Waals surface area (Å²) in [7, 11) is 1.32. The van der Waals surface area contributed by atoms with Gasteiger partial charge in [-0.05, 0) is 36.2 Å². The van der Waals surface area contributed by atoms with E-state index >= 15 is 0 Å². The smallest absolute Gasteiger partial charge is 0.338 e. The highest BCUT2D eigenvalue weighted by atomic mass is 32.2. The number of esters is 1. The lowest BCUT2D eigenvalue weighted by Crippen LogP contribution is -2.29. The van der Waals surface area contributed by atoms with Crippen LogP contribution in [0.4, 0.5) is 10.3 Å². The molecule has 0 spiro atoms. The van der Waals surface area contributed by atoms with Gasteiger partial charge >= 0.3 is 5.97 Å². The van der Waals surface area contributed by atoms with E-state index in [2.05, 4.69) is 15.4 Å². The van der Waals surface area contributed by atoms with E-state index in [1.165, 1.54) is 24.9 Å². The molecule has 1 aromatic heterocycles. The minimum absolute atomic E-state index is 0.118. The van der Waals surface area contributed by atoms with Gasteiger partial charge in [0.2, 0.25) is 11.1 Å². The number of thioether (sulfide) groups is 1. The number of aromatic hydroxyl groups is 1. The number of rotatable bonds is 5. The Morgan fingerprint density at radius 2 is 2.00 bits per heavy atom. The lowest BCUT2D eigenvalue weighted by atomic mass is 9.96. The summed E-state index contributed by atoms with van der Waals surface area (Å²) in [6, 6.07) is 12.5. The van der Waals surface area contributed by atoms with E-state index in [1.807, 2.05) is 0 Å². The molecular formula is C21H19FN4O3S. The summed E-state index contributed by atoms with van der Waals surface area (Å²) in [5.41, 5.74) is 2.30. The van der Waals surface area contributed by atoms with Gasteiger partial charge in [0.1, 0.15) is 17.6 Å². The highest BCUT2D eigenvalue weighted by molar-refractivity contribution is 7.98. The van der Waals surface area contributed by atoms with Crippen LogP contribution < -0.4 is 5.32 Å². The van der Waals surface area contributed by atoms with Gasteiger partial charge in [0, 0.05) is 11.4 Å². The highest BCUT2D eigenvalue weighted by Gasteiger charge is 2.35. The number of benzene rings is 2. The van der Waals surface area contributed by atoms with Crippen LogP contribution in [0.5, 0.6) is 5.75 Å². The minimum atomic E-state index is -0.579. The first-order valence-electron chi connectivity index (χ1n) is 9.15. The predicted octanol–water partition coefficient (Wildman–Crippen LogP) is 3.88. The van der Waals surface area contributed by atoms with E-state index in [0.29, 0.717) is 33.7 Å². The van der Waals surface area contributed by atoms with Crippen LogP contribution in [-0.4, -0.2) is 33.0 Å². The quantitative estimate of drug-likeness (QED) is 0.473. The molecule has 0 bridgehead atoms. The molecule has 1 aliphatic rings. The molecule has 7 nitrogen and oxygen atoms in total. The Morgan fingerprint density at radius 3 is 2.70 bits per heavy atom.